The highest BCUT2D eigenvalue weighted by Gasteiger charge is 2.29. The minimum atomic E-state index is -0.223. The van der Waals surface area contributed by atoms with E-state index in [0.29, 0.717) is 22.5 Å². The molecule has 1 aromatic carbocycles. The Bertz CT molecular complexity index is 585. The molecule has 1 heterocycles. The van der Waals surface area contributed by atoms with Gasteiger partial charge in [-0.3, -0.25) is 0 Å². The van der Waals surface area contributed by atoms with Crippen molar-refractivity contribution in [3.63, 3.8) is 0 Å². The van der Waals surface area contributed by atoms with Crippen molar-refractivity contribution in [3.8, 4) is 0 Å². The monoisotopic (exact) mass is 250 g/mol. The molecule has 0 unspecified atom stereocenters. The molecule has 0 spiro atoms. The minimum absolute atomic E-state index is 0.223. The largest absolute Gasteiger partial charge is 0.375 e. The zero-order valence-electron chi connectivity index (χ0n) is 9.96. The molecule has 17 heavy (non-hydrogen) atoms. The summed E-state index contributed by atoms with van der Waals surface area (Å²) in [6.07, 6.45) is 2.36. The average molecular weight is 250 g/mol. The maximum atomic E-state index is 14.0. The first-order valence-corrected chi connectivity index (χ1v) is 6.78. The van der Waals surface area contributed by atoms with Crippen LogP contribution in [0.2, 0.25) is 0 Å². The van der Waals surface area contributed by atoms with E-state index in [1.807, 2.05) is 0 Å². The lowest BCUT2D eigenvalue weighted by Gasteiger charge is -2.13. The number of fused-ring (bicyclic) bond motifs is 1. The fraction of sp³-hybridized carbons (Fsp3) is 0.462. The van der Waals surface area contributed by atoms with Crippen LogP contribution in [0.15, 0.2) is 6.07 Å². The second-order valence-corrected chi connectivity index (χ2v) is 6.05. The zero-order valence-corrected chi connectivity index (χ0v) is 10.8. The van der Waals surface area contributed by atoms with E-state index in [-0.39, 0.29) is 5.82 Å². The number of rotatable bonds is 2. The van der Waals surface area contributed by atoms with Crippen LogP contribution in [0.5, 0.6) is 0 Å². The molecule has 0 aliphatic heterocycles. The molecule has 0 bridgehead atoms. The third kappa shape index (κ3) is 1.71. The second-order valence-electron chi connectivity index (χ2n) is 5.02. The van der Waals surface area contributed by atoms with E-state index < -0.39 is 0 Å². The number of hydrogen-bond donors (Lipinski definition) is 1. The Balaban J connectivity index is 2.36. The molecule has 0 radical (unpaired) electrons. The SMILES string of the molecule is CC(C)c1c(C2CC2)cc(F)c2nc(N)sc12. The van der Waals surface area contributed by atoms with Crippen LogP contribution in [0, 0.1) is 5.82 Å². The van der Waals surface area contributed by atoms with Crippen molar-refractivity contribution >= 4 is 26.7 Å². The van der Waals surface area contributed by atoms with E-state index in [1.165, 1.54) is 35.3 Å². The Morgan fingerprint density at radius 3 is 2.76 bits per heavy atom. The van der Waals surface area contributed by atoms with Crippen LogP contribution in [-0.2, 0) is 0 Å². The van der Waals surface area contributed by atoms with Crippen molar-refractivity contribution < 1.29 is 4.39 Å². The van der Waals surface area contributed by atoms with Gasteiger partial charge in [-0.05, 0) is 41.9 Å². The van der Waals surface area contributed by atoms with Crippen LogP contribution in [0.4, 0.5) is 9.52 Å². The van der Waals surface area contributed by atoms with E-state index in [0.717, 1.165) is 4.70 Å². The normalized spacial score (nSPS) is 16.0. The molecule has 1 saturated carbocycles. The lowest BCUT2D eigenvalue weighted by atomic mass is 9.94. The minimum Gasteiger partial charge on any atom is -0.375 e. The van der Waals surface area contributed by atoms with Crippen LogP contribution in [0.1, 0.15) is 49.7 Å². The maximum Gasteiger partial charge on any atom is 0.181 e. The third-order valence-electron chi connectivity index (χ3n) is 3.30. The van der Waals surface area contributed by atoms with Gasteiger partial charge in [-0.25, -0.2) is 9.37 Å². The number of benzene rings is 1. The molecule has 2 nitrogen and oxygen atoms in total. The molecule has 3 rings (SSSR count). The number of hydrogen-bond acceptors (Lipinski definition) is 3. The summed E-state index contributed by atoms with van der Waals surface area (Å²) in [5.74, 6) is 0.711. The maximum absolute atomic E-state index is 14.0. The molecular weight excluding hydrogens is 235 g/mol. The van der Waals surface area contributed by atoms with Gasteiger partial charge in [0.15, 0.2) is 10.9 Å². The Hall–Kier alpha value is -1.16. The van der Waals surface area contributed by atoms with Gasteiger partial charge in [-0.15, -0.1) is 0 Å². The number of halogens is 1. The first-order valence-electron chi connectivity index (χ1n) is 5.96. The van der Waals surface area contributed by atoms with Crippen molar-refractivity contribution in [1.29, 1.82) is 0 Å². The van der Waals surface area contributed by atoms with Crippen molar-refractivity contribution in [1.82, 2.24) is 4.98 Å². The topological polar surface area (TPSA) is 38.9 Å². The van der Waals surface area contributed by atoms with Crippen LogP contribution < -0.4 is 5.73 Å². The number of nitrogen functional groups attached to an aromatic ring is 1. The lowest BCUT2D eigenvalue weighted by molar-refractivity contribution is 0.633. The predicted molar refractivity (Wildman–Crippen MR) is 70.1 cm³/mol. The summed E-state index contributed by atoms with van der Waals surface area (Å²) >= 11 is 1.41. The van der Waals surface area contributed by atoms with E-state index >= 15 is 0 Å². The molecule has 2 aromatic rings. The highest BCUT2D eigenvalue weighted by atomic mass is 32.1. The van der Waals surface area contributed by atoms with Crippen molar-refractivity contribution in [2.75, 3.05) is 5.73 Å². The second kappa shape index (κ2) is 3.67. The molecule has 90 valence electrons. The summed E-state index contributed by atoms with van der Waals surface area (Å²) in [6, 6.07) is 1.68. The van der Waals surface area contributed by atoms with Crippen LogP contribution in [-0.4, -0.2) is 4.98 Å². The van der Waals surface area contributed by atoms with Gasteiger partial charge in [-0.2, -0.15) is 0 Å². The standard InChI is InChI=1S/C13H15FN2S/c1-6(2)10-8(7-3-4-7)5-9(14)11-12(10)17-13(15)16-11/h5-7H,3-4H2,1-2H3,(H2,15,16). The molecular formula is C13H15FN2S. The smallest absolute Gasteiger partial charge is 0.181 e. The predicted octanol–water partition coefficient (Wildman–Crippen LogP) is 4.02. The van der Waals surface area contributed by atoms with Gasteiger partial charge in [0.05, 0.1) is 4.70 Å². The van der Waals surface area contributed by atoms with Gasteiger partial charge in [0, 0.05) is 0 Å². The molecule has 0 amide bonds. The lowest BCUT2D eigenvalue weighted by Crippen LogP contribution is -1.97. The number of nitrogens with zero attached hydrogens (tertiary/aromatic N) is 1. The Morgan fingerprint density at radius 1 is 1.47 bits per heavy atom. The van der Waals surface area contributed by atoms with Gasteiger partial charge < -0.3 is 5.73 Å². The molecule has 1 aromatic heterocycles. The van der Waals surface area contributed by atoms with Crippen molar-refractivity contribution in [2.24, 2.45) is 0 Å². The third-order valence-corrected chi connectivity index (χ3v) is 4.22. The summed E-state index contributed by atoms with van der Waals surface area (Å²) in [6.45, 7) is 4.29. The molecule has 2 N–H and O–H groups in total. The van der Waals surface area contributed by atoms with Gasteiger partial charge in [0.1, 0.15) is 5.52 Å². The van der Waals surface area contributed by atoms with Crippen molar-refractivity contribution in [3.05, 3.63) is 23.0 Å². The van der Waals surface area contributed by atoms with Crippen LogP contribution in [0.25, 0.3) is 10.2 Å². The Labute approximate surface area is 104 Å². The van der Waals surface area contributed by atoms with E-state index in [2.05, 4.69) is 18.8 Å². The summed E-state index contributed by atoms with van der Waals surface area (Å²) in [5, 5.41) is 0.453. The molecule has 1 aliphatic rings. The first-order chi connectivity index (χ1) is 8.08. The fourth-order valence-electron chi connectivity index (χ4n) is 2.42. The molecule has 4 heteroatoms. The van der Waals surface area contributed by atoms with Gasteiger partial charge in [-0.1, -0.05) is 25.2 Å². The van der Waals surface area contributed by atoms with E-state index in [4.69, 9.17) is 5.73 Å². The number of nitrogens with two attached hydrogens (primary N) is 1. The van der Waals surface area contributed by atoms with Gasteiger partial charge >= 0.3 is 0 Å². The van der Waals surface area contributed by atoms with E-state index in [9.17, 15) is 4.39 Å². The Kier molecular flexibility index (Phi) is 2.36. The number of aromatic nitrogens is 1. The highest BCUT2D eigenvalue weighted by Crippen LogP contribution is 2.47. The van der Waals surface area contributed by atoms with Crippen molar-refractivity contribution in [2.45, 2.75) is 38.5 Å². The quantitative estimate of drug-likeness (QED) is 0.874. The van der Waals surface area contributed by atoms with Gasteiger partial charge in [0.25, 0.3) is 0 Å². The van der Waals surface area contributed by atoms with Crippen LogP contribution >= 0.6 is 11.3 Å². The highest BCUT2D eigenvalue weighted by molar-refractivity contribution is 7.22. The summed E-state index contributed by atoms with van der Waals surface area (Å²) < 4.78 is 14.9. The zero-order chi connectivity index (χ0) is 12.2. The van der Waals surface area contributed by atoms with Gasteiger partial charge in [0.2, 0.25) is 0 Å². The number of thiazole rings is 1. The summed E-state index contributed by atoms with van der Waals surface area (Å²) in [7, 11) is 0. The molecule has 1 fully saturated rings. The fourth-order valence-corrected chi connectivity index (χ4v) is 3.47. The summed E-state index contributed by atoms with van der Waals surface area (Å²) in [5.41, 5.74) is 8.58. The molecule has 0 atom stereocenters. The molecule has 1 aliphatic carbocycles. The van der Waals surface area contributed by atoms with Crippen LogP contribution in [0.3, 0.4) is 0 Å². The summed E-state index contributed by atoms with van der Waals surface area (Å²) in [4.78, 5) is 4.10. The van der Waals surface area contributed by atoms with E-state index in [1.54, 1.807) is 6.07 Å². The Morgan fingerprint density at radius 2 is 2.18 bits per heavy atom. The average Bonchev–Trinajstić information content (AvgIpc) is 3.00. The first kappa shape index (κ1) is 11.0. The number of anilines is 1. The molecule has 0 saturated heterocycles.